The van der Waals surface area contributed by atoms with Crippen LogP contribution in [0, 0.1) is 5.82 Å². The lowest BCUT2D eigenvalue weighted by Gasteiger charge is -2.28. The van der Waals surface area contributed by atoms with Crippen molar-refractivity contribution in [1.29, 1.82) is 0 Å². The van der Waals surface area contributed by atoms with Crippen molar-refractivity contribution in [3.05, 3.63) is 76.2 Å². The monoisotopic (exact) mass is 384 g/mol. The van der Waals surface area contributed by atoms with Gasteiger partial charge in [0, 0.05) is 16.4 Å². The number of hydrogen-bond acceptors (Lipinski definition) is 5. The van der Waals surface area contributed by atoms with Crippen molar-refractivity contribution in [1.82, 2.24) is 20.2 Å². The SMILES string of the molecule is CC1=C(C(=O)Nc2ccc(Cl)cc2)C(c2cccc(F)c2)n2nnnc2N1. The van der Waals surface area contributed by atoms with Crippen LogP contribution in [-0.4, -0.2) is 26.1 Å². The number of rotatable bonds is 3. The summed E-state index contributed by atoms with van der Waals surface area (Å²) < 4.78 is 15.3. The zero-order chi connectivity index (χ0) is 19.0. The minimum absolute atomic E-state index is 0.349. The van der Waals surface area contributed by atoms with Gasteiger partial charge >= 0.3 is 0 Å². The molecule has 0 aliphatic carbocycles. The van der Waals surface area contributed by atoms with Crippen LogP contribution in [0.3, 0.4) is 0 Å². The molecule has 1 aromatic heterocycles. The number of halogens is 2. The minimum atomic E-state index is -0.667. The zero-order valence-electron chi connectivity index (χ0n) is 14.1. The quantitative estimate of drug-likeness (QED) is 0.723. The number of fused-ring (bicyclic) bond motifs is 1. The number of carbonyl (C=O) groups is 1. The number of anilines is 2. The molecule has 27 heavy (non-hydrogen) atoms. The van der Waals surface area contributed by atoms with Crippen LogP contribution in [0.25, 0.3) is 0 Å². The first-order chi connectivity index (χ1) is 13.0. The van der Waals surface area contributed by atoms with Gasteiger partial charge in [-0.1, -0.05) is 28.8 Å². The number of allylic oxidation sites excluding steroid dienone is 1. The molecule has 136 valence electrons. The average molecular weight is 385 g/mol. The first-order valence-corrected chi connectivity index (χ1v) is 8.49. The first kappa shape index (κ1) is 17.2. The van der Waals surface area contributed by atoms with E-state index in [0.29, 0.717) is 33.5 Å². The highest BCUT2D eigenvalue weighted by Crippen LogP contribution is 2.35. The predicted molar refractivity (Wildman–Crippen MR) is 98.8 cm³/mol. The van der Waals surface area contributed by atoms with Crippen LogP contribution >= 0.6 is 11.6 Å². The van der Waals surface area contributed by atoms with E-state index < -0.39 is 11.9 Å². The Morgan fingerprint density at radius 3 is 2.78 bits per heavy atom. The Morgan fingerprint density at radius 2 is 2.04 bits per heavy atom. The maximum atomic E-state index is 13.8. The maximum absolute atomic E-state index is 13.8. The molecule has 0 radical (unpaired) electrons. The first-order valence-electron chi connectivity index (χ1n) is 8.11. The highest BCUT2D eigenvalue weighted by Gasteiger charge is 2.34. The van der Waals surface area contributed by atoms with Gasteiger partial charge in [0.1, 0.15) is 11.9 Å². The van der Waals surface area contributed by atoms with E-state index in [1.807, 2.05) is 0 Å². The van der Waals surface area contributed by atoms with E-state index in [1.54, 1.807) is 43.3 Å². The third-order valence-electron chi connectivity index (χ3n) is 4.23. The van der Waals surface area contributed by atoms with E-state index in [1.165, 1.54) is 16.8 Å². The molecule has 7 nitrogen and oxygen atoms in total. The van der Waals surface area contributed by atoms with Crippen LogP contribution in [0.2, 0.25) is 5.02 Å². The summed E-state index contributed by atoms with van der Waals surface area (Å²) in [5.41, 5.74) is 2.12. The summed E-state index contributed by atoms with van der Waals surface area (Å²) in [6.45, 7) is 1.75. The second-order valence-corrected chi connectivity index (χ2v) is 6.47. The van der Waals surface area contributed by atoms with E-state index in [-0.39, 0.29) is 5.91 Å². The molecular formula is C18H14ClFN6O. The average Bonchev–Trinajstić information content (AvgIpc) is 3.10. The lowest BCUT2D eigenvalue weighted by molar-refractivity contribution is -0.113. The maximum Gasteiger partial charge on any atom is 0.255 e. The second-order valence-electron chi connectivity index (χ2n) is 6.03. The largest absolute Gasteiger partial charge is 0.326 e. The predicted octanol–water partition coefficient (Wildman–Crippen LogP) is 3.39. The van der Waals surface area contributed by atoms with Crippen LogP contribution in [0.5, 0.6) is 0 Å². The Balaban J connectivity index is 1.76. The topological polar surface area (TPSA) is 84.7 Å². The lowest BCUT2D eigenvalue weighted by atomic mass is 9.95. The minimum Gasteiger partial charge on any atom is -0.326 e. The van der Waals surface area contributed by atoms with Crippen LogP contribution in [0.1, 0.15) is 18.5 Å². The molecule has 1 aliphatic rings. The number of tetrazole rings is 1. The number of amides is 1. The Morgan fingerprint density at radius 1 is 1.26 bits per heavy atom. The molecule has 0 spiro atoms. The Kier molecular flexibility index (Phi) is 4.33. The molecule has 2 heterocycles. The molecule has 2 aromatic carbocycles. The number of aromatic nitrogens is 4. The van der Waals surface area contributed by atoms with Crippen molar-refractivity contribution in [2.45, 2.75) is 13.0 Å². The fourth-order valence-electron chi connectivity index (χ4n) is 3.02. The number of carbonyl (C=O) groups excluding carboxylic acids is 1. The number of nitrogens with one attached hydrogen (secondary N) is 2. The van der Waals surface area contributed by atoms with Crippen molar-refractivity contribution >= 4 is 29.1 Å². The second kappa shape index (κ2) is 6.81. The fraction of sp³-hybridized carbons (Fsp3) is 0.111. The van der Waals surface area contributed by atoms with Crippen LogP contribution < -0.4 is 10.6 Å². The van der Waals surface area contributed by atoms with Crippen LogP contribution in [0.15, 0.2) is 59.8 Å². The van der Waals surface area contributed by atoms with E-state index >= 15 is 0 Å². The van der Waals surface area contributed by atoms with Gasteiger partial charge < -0.3 is 10.6 Å². The highest BCUT2D eigenvalue weighted by molar-refractivity contribution is 6.30. The van der Waals surface area contributed by atoms with Crippen molar-refractivity contribution in [2.24, 2.45) is 0 Å². The fourth-order valence-corrected chi connectivity index (χ4v) is 3.15. The summed E-state index contributed by atoms with van der Waals surface area (Å²) in [6.07, 6.45) is 0. The van der Waals surface area contributed by atoms with Gasteiger partial charge in [-0.15, -0.1) is 0 Å². The molecule has 3 aromatic rings. The zero-order valence-corrected chi connectivity index (χ0v) is 14.9. The number of nitrogens with zero attached hydrogens (tertiary/aromatic N) is 4. The molecule has 4 rings (SSSR count). The Bertz CT molecular complexity index is 1050. The smallest absolute Gasteiger partial charge is 0.255 e. The normalized spacial score (nSPS) is 15.9. The van der Waals surface area contributed by atoms with E-state index in [9.17, 15) is 9.18 Å². The van der Waals surface area contributed by atoms with Crippen molar-refractivity contribution < 1.29 is 9.18 Å². The summed E-state index contributed by atoms with van der Waals surface area (Å²) in [6, 6.07) is 12.1. The summed E-state index contributed by atoms with van der Waals surface area (Å²) >= 11 is 5.89. The third-order valence-corrected chi connectivity index (χ3v) is 4.48. The summed E-state index contributed by atoms with van der Waals surface area (Å²) in [5, 5.41) is 18.0. The van der Waals surface area contributed by atoms with Gasteiger partial charge in [-0.2, -0.15) is 4.68 Å². The molecular weight excluding hydrogens is 371 g/mol. The Hall–Kier alpha value is -3.26. The summed E-state index contributed by atoms with van der Waals surface area (Å²) in [4.78, 5) is 13.0. The van der Waals surface area contributed by atoms with Crippen molar-refractivity contribution in [2.75, 3.05) is 10.6 Å². The van der Waals surface area contributed by atoms with Gasteiger partial charge in [-0.25, -0.2) is 4.39 Å². The molecule has 1 aliphatic heterocycles. The van der Waals surface area contributed by atoms with Gasteiger partial charge in [0.2, 0.25) is 5.95 Å². The van der Waals surface area contributed by atoms with Crippen LogP contribution in [0.4, 0.5) is 16.0 Å². The molecule has 2 N–H and O–H groups in total. The Labute approximate surface area is 158 Å². The number of hydrogen-bond donors (Lipinski definition) is 2. The van der Waals surface area contributed by atoms with Gasteiger partial charge in [-0.3, -0.25) is 4.79 Å². The van der Waals surface area contributed by atoms with Crippen molar-refractivity contribution in [3.8, 4) is 0 Å². The van der Waals surface area contributed by atoms with Gasteiger partial charge in [-0.05, 0) is 59.3 Å². The molecule has 9 heteroatoms. The third kappa shape index (κ3) is 3.26. The summed E-state index contributed by atoms with van der Waals surface area (Å²) in [5.74, 6) is -0.377. The van der Waals surface area contributed by atoms with Gasteiger partial charge in [0.15, 0.2) is 0 Å². The highest BCUT2D eigenvalue weighted by atomic mass is 35.5. The van der Waals surface area contributed by atoms with E-state index in [4.69, 9.17) is 11.6 Å². The molecule has 0 saturated carbocycles. The molecule has 0 bridgehead atoms. The molecule has 1 atom stereocenters. The van der Waals surface area contributed by atoms with Gasteiger partial charge in [0.05, 0.1) is 5.57 Å². The molecule has 1 unspecified atom stereocenters. The molecule has 0 fully saturated rings. The lowest BCUT2D eigenvalue weighted by Crippen LogP contribution is -2.31. The van der Waals surface area contributed by atoms with Crippen LogP contribution in [-0.2, 0) is 4.79 Å². The van der Waals surface area contributed by atoms with Crippen molar-refractivity contribution in [3.63, 3.8) is 0 Å². The van der Waals surface area contributed by atoms with E-state index in [2.05, 4.69) is 26.2 Å². The van der Waals surface area contributed by atoms with E-state index in [0.717, 1.165) is 0 Å². The standard InChI is InChI=1S/C18H14ClFN6O/c1-10-15(17(27)22-14-7-5-12(19)6-8-14)16(11-3-2-4-13(20)9-11)26-18(21-10)23-24-25-26/h2-9,16H,1H3,(H,22,27)(H,21,23,25). The molecule has 1 amide bonds. The van der Waals surface area contributed by atoms with Gasteiger partial charge in [0.25, 0.3) is 5.91 Å². The summed E-state index contributed by atoms with van der Waals surface area (Å²) in [7, 11) is 0. The number of benzene rings is 2. The molecule has 0 saturated heterocycles.